The van der Waals surface area contributed by atoms with Gasteiger partial charge in [-0.25, -0.2) is 0 Å². The summed E-state index contributed by atoms with van der Waals surface area (Å²) in [5.41, 5.74) is 2.08. The summed E-state index contributed by atoms with van der Waals surface area (Å²) in [5, 5.41) is 13.1. The highest BCUT2D eigenvalue weighted by Gasteiger charge is 2.16. The first-order valence-electron chi connectivity index (χ1n) is 9.22. The number of carbonyl (C=O) groups is 1. The van der Waals surface area contributed by atoms with Gasteiger partial charge in [0.1, 0.15) is 0 Å². The van der Waals surface area contributed by atoms with Gasteiger partial charge in [-0.05, 0) is 43.2 Å². The molecule has 0 aliphatic rings. The van der Waals surface area contributed by atoms with Gasteiger partial charge in [0.15, 0.2) is 11.0 Å². The fourth-order valence-corrected chi connectivity index (χ4v) is 3.54. The van der Waals surface area contributed by atoms with Crippen LogP contribution in [0.25, 0.3) is 11.4 Å². The zero-order chi connectivity index (χ0) is 19.9. The van der Waals surface area contributed by atoms with E-state index in [9.17, 15) is 4.79 Å². The Bertz CT molecular complexity index is 912. The summed E-state index contributed by atoms with van der Waals surface area (Å²) >= 11 is 7.42. The molecule has 1 atom stereocenters. The molecule has 3 rings (SSSR count). The van der Waals surface area contributed by atoms with Gasteiger partial charge in [-0.1, -0.05) is 60.6 Å². The third-order valence-corrected chi connectivity index (χ3v) is 5.57. The molecule has 1 heterocycles. The van der Waals surface area contributed by atoms with E-state index < -0.39 is 0 Å². The van der Waals surface area contributed by atoms with E-state index in [2.05, 4.69) is 27.6 Å². The fraction of sp³-hybridized carbons (Fsp3) is 0.286. The minimum Gasteiger partial charge on any atom is -0.353 e. The van der Waals surface area contributed by atoms with Crippen LogP contribution in [-0.4, -0.2) is 32.5 Å². The summed E-state index contributed by atoms with van der Waals surface area (Å²) in [6.07, 6.45) is 0.904. The summed E-state index contributed by atoms with van der Waals surface area (Å²) in [6, 6.07) is 17.8. The van der Waals surface area contributed by atoms with Crippen LogP contribution < -0.4 is 5.32 Å². The molecule has 0 fully saturated rings. The predicted molar refractivity (Wildman–Crippen MR) is 115 cm³/mol. The lowest BCUT2D eigenvalue weighted by atomic mass is 10.2. The van der Waals surface area contributed by atoms with Crippen molar-refractivity contribution in [1.82, 2.24) is 20.1 Å². The predicted octanol–water partition coefficient (Wildman–Crippen LogP) is 4.65. The van der Waals surface area contributed by atoms with E-state index in [1.165, 1.54) is 11.8 Å². The van der Waals surface area contributed by atoms with Crippen LogP contribution >= 0.6 is 23.4 Å². The second kappa shape index (κ2) is 9.75. The van der Waals surface area contributed by atoms with Gasteiger partial charge in [0, 0.05) is 16.6 Å². The van der Waals surface area contributed by atoms with Gasteiger partial charge >= 0.3 is 0 Å². The van der Waals surface area contributed by atoms with E-state index in [0.717, 1.165) is 23.4 Å². The number of aromatic nitrogens is 3. The van der Waals surface area contributed by atoms with E-state index in [0.29, 0.717) is 22.5 Å². The molecule has 0 saturated heterocycles. The molecule has 0 aliphatic heterocycles. The van der Waals surface area contributed by atoms with Crippen molar-refractivity contribution in [2.45, 2.75) is 38.0 Å². The smallest absolute Gasteiger partial charge is 0.230 e. The third-order valence-electron chi connectivity index (χ3n) is 4.35. The summed E-state index contributed by atoms with van der Waals surface area (Å²) < 4.78 is 2.04. The molecule has 0 bridgehead atoms. The zero-order valence-corrected chi connectivity index (χ0v) is 17.5. The topological polar surface area (TPSA) is 59.8 Å². The van der Waals surface area contributed by atoms with Crippen molar-refractivity contribution in [3.63, 3.8) is 0 Å². The Morgan fingerprint density at radius 2 is 1.86 bits per heavy atom. The summed E-state index contributed by atoms with van der Waals surface area (Å²) in [4.78, 5) is 12.2. The molecular weight excluding hydrogens is 392 g/mol. The maximum absolute atomic E-state index is 12.2. The minimum absolute atomic E-state index is 0.00153. The zero-order valence-electron chi connectivity index (χ0n) is 15.9. The van der Waals surface area contributed by atoms with Crippen molar-refractivity contribution in [3.8, 4) is 11.4 Å². The number of carbonyl (C=O) groups excluding carboxylic acids is 1. The Morgan fingerprint density at radius 3 is 2.54 bits per heavy atom. The van der Waals surface area contributed by atoms with E-state index >= 15 is 0 Å². The molecule has 1 aromatic heterocycles. The number of benzene rings is 2. The standard InChI is InChI=1S/C21H23ClN4OS/c1-3-15(2)23-19(27)14-28-21-25-24-20(17-9-11-18(22)12-10-17)26(21)13-16-7-5-4-6-8-16/h4-12,15H,3,13-14H2,1-2H3,(H,23,27)/t15-/m1/s1. The Morgan fingerprint density at radius 1 is 1.14 bits per heavy atom. The number of thioether (sulfide) groups is 1. The number of rotatable bonds is 8. The third kappa shape index (κ3) is 5.36. The summed E-state index contributed by atoms with van der Waals surface area (Å²) in [5.74, 6) is 1.06. The monoisotopic (exact) mass is 414 g/mol. The van der Waals surface area contributed by atoms with Gasteiger partial charge in [0.05, 0.1) is 12.3 Å². The second-order valence-corrected chi connectivity index (χ2v) is 7.93. The molecule has 0 spiro atoms. The number of amides is 1. The number of nitrogens with one attached hydrogen (secondary N) is 1. The lowest BCUT2D eigenvalue weighted by Gasteiger charge is -2.12. The van der Waals surface area contributed by atoms with Crippen molar-refractivity contribution in [1.29, 1.82) is 0 Å². The molecule has 1 N–H and O–H groups in total. The minimum atomic E-state index is 0.00153. The lowest BCUT2D eigenvalue weighted by Crippen LogP contribution is -2.33. The van der Waals surface area contributed by atoms with E-state index in [1.54, 1.807) is 0 Å². The van der Waals surface area contributed by atoms with Crippen molar-refractivity contribution in [2.24, 2.45) is 0 Å². The Hall–Kier alpha value is -2.31. The molecule has 7 heteroatoms. The normalized spacial score (nSPS) is 12.0. The van der Waals surface area contributed by atoms with Gasteiger partial charge in [-0.15, -0.1) is 10.2 Å². The number of nitrogens with zero attached hydrogens (tertiary/aromatic N) is 3. The highest BCUT2D eigenvalue weighted by Crippen LogP contribution is 2.26. The molecule has 1 amide bonds. The molecule has 0 saturated carbocycles. The van der Waals surface area contributed by atoms with Crippen molar-refractivity contribution in [3.05, 3.63) is 65.2 Å². The Kier molecular flexibility index (Phi) is 7.12. The summed E-state index contributed by atoms with van der Waals surface area (Å²) in [6.45, 7) is 4.67. The van der Waals surface area contributed by atoms with Gasteiger partial charge in [0.25, 0.3) is 0 Å². The maximum atomic E-state index is 12.2. The Labute approximate surface area is 174 Å². The number of halogens is 1. The highest BCUT2D eigenvalue weighted by atomic mass is 35.5. The second-order valence-electron chi connectivity index (χ2n) is 6.55. The summed E-state index contributed by atoms with van der Waals surface area (Å²) in [7, 11) is 0. The van der Waals surface area contributed by atoms with E-state index in [4.69, 9.17) is 11.6 Å². The van der Waals surface area contributed by atoms with Crippen LogP contribution in [0.5, 0.6) is 0 Å². The Balaban J connectivity index is 1.85. The van der Waals surface area contributed by atoms with Gasteiger partial charge in [-0.2, -0.15) is 0 Å². The van der Waals surface area contributed by atoms with Crippen LogP contribution in [0.3, 0.4) is 0 Å². The largest absolute Gasteiger partial charge is 0.353 e. The molecule has 0 unspecified atom stereocenters. The van der Waals surface area contributed by atoms with Crippen LogP contribution in [0.1, 0.15) is 25.8 Å². The molecule has 5 nitrogen and oxygen atoms in total. The number of hydrogen-bond acceptors (Lipinski definition) is 4. The quantitative estimate of drug-likeness (QED) is 0.545. The molecule has 2 aromatic carbocycles. The van der Waals surface area contributed by atoms with Crippen molar-refractivity contribution < 1.29 is 4.79 Å². The molecular formula is C21H23ClN4OS. The molecule has 28 heavy (non-hydrogen) atoms. The van der Waals surface area contributed by atoms with Crippen LogP contribution in [0, 0.1) is 0 Å². The average Bonchev–Trinajstić information content (AvgIpc) is 3.10. The number of hydrogen-bond donors (Lipinski definition) is 1. The van der Waals surface area contributed by atoms with Crippen LogP contribution in [0.15, 0.2) is 59.8 Å². The molecule has 0 radical (unpaired) electrons. The van der Waals surface area contributed by atoms with Crippen molar-refractivity contribution in [2.75, 3.05) is 5.75 Å². The first-order valence-corrected chi connectivity index (χ1v) is 10.6. The highest BCUT2D eigenvalue weighted by molar-refractivity contribution is 7.99. The van der Waals surface area contributed by atoms with E-state index in [-0.39, 0.29) is 11.9 Å². The SMILES string of the molecule is CC[C@@H](C)NC(=O)CSc1nnc(-c2ccc(Cl)cc2)n1Cc1ccccc1. The van der Waals surface area contributed by atoms with Crippen molar-refractivity contribution >= 4 is 29.3 Å². The van der Waals surface area contributed by atoms with Crippen LogP contribution in [0.2, 0.25) is 5.02 Å². The first-order chi connectivity index (χ1) is 13.6. The van der Waals surface area contributed by atoms with Crippen LogP contribution in [0.4, 0.5) is 0 Å². The molecule has 3 aromatic rings. The molecule has 0 aliphatic carbocycles. The maximum Gasteiger partial charge on any atom is 0.230 e. The average molecular weight is 415 g/mol. The van der Waals surface area contributed by atoms with Gasteiger partial charge in [0.2, 0.25) is 5.91 Å². The molecule has 146 valence electrons. The van der Waals surface area contributed by atoms with Gasteiger partial charge in [-0.3, -0.25) is 9.36 Å². The fourth-order valence-electron chi connectivity index (χ4n) is 2.67. The lowest BCUT2D eigenvalue weighted by molar-refractivity contribution is -0.119. The van der Waals surface area contributed by atoms with E-state index in [1.807, 2.05) is 60.9 Å². The van der Waals surface area contributed by atoms with Crippen LogP contribution in [-0.2, 0) is 11.3 Å². The first kappa shape index (κ1) is 20.4. The van der Waals surface area contributed by atoms with Gasteiger partial charge < -0.3 is 5.32 Å².